The molecule has 0 saturated carbocycles. The summed E-state index contributed by atoms with van der Waals surface area (Å²) in [6, 6.07) is 0.233. The maximum atomic E-state index is 11.9. The van der Waals surface area contributed by atoms with Gasteiger partial charge in [0.1, 0.15) is 5.54 Å². The minimum atomic E-state index is -0.624. The van der Waals surface area contributed by atoms with Crippen LogP contribution in [0.4, 0.5) is 0 Å². The minimum Gasteiger partial charge on any atom is -0.468 e. The molecular formula is C15H31NO4. The molecular weight excluding hydrogens is 258 g/mol. The lowest BCUT2D eigenvalue weighted by Crippen LogP contribution is -2.52. The molecule has 0 aliphatic carbocycles. The molecule has 0 aromatic heterocycles. The second-order valence-electron chi connectivity index (χ2n) is 5.72. The van der Waals surface area contributed by atoms with Gasteiger partial charge in [-0.25, -0.2) is 0 Å². The van der Waals surface area contributed by atoms with Crippen LogP contribution in [0.1, 0.15) is 47.0 Å². The van der Waals surface area contributed by atoms with Crippen LogP contribution in [0.3, 0.4) is 0 Å². The topological polar surface area (TPSA) is 56.8 Å². The Balaban J connectivity index is 4.06. The average molecular weight is 289 g/mol. The Labute approximate surface area is 123 Å². The van der Waals surface area contributed by atoms with Crippen molar-refractivity contribution in [3.63, 3.8) is 0 Å². The van der Waals surface area contributed by atoms with Crippen molar-refractivity contribution in [2.45, 2.75) is 64.6 Å². The number of hydrogen-bond donors (Lipinski definition) is 1. The van der Waals surface area contributed by atoms with E-state index in [0.717, 1.165) is 19.3 Å². The number of nitrogens with one attached hydrogen (secondary N) is 1. The van der Waals surface area contributed by atoms with E-state index in [0.29, 0.717) is 13.2 Å². The summed E-state index contributed by atoms with van der Waals surface area (Å²) in [6.07, 6.45) is 2.67. The molecule has 0 aliphatic rings. The molecule has 0 amide bonds. The van der Waals surface area contributed by atoms with Crippen LogP contribution in [0.5, 0.6) is 0 Å². The largest absolute Gasteiger partial charge is 0.468 e. The van der Waals surface area contributed by atoms with Crippen LogP contribution >= 0.6 is 0 Å². The number of hydrogen-bond acceptors (Lipinski definition) is 5. The summed E-state index contributed by atoms with van der Waals surface area (Å²) in [5.74, 6) is -0.208. The summed E-state index contributed by atoms with van der Waals surface area (Å²) < 4.78 is 15.5. The normalized spacial score (nSPS) is 15.9. The molecule has 2 atom stereocenters. The SMILES string of the molecule is COCC(C)OCCCCC(C)(NC(C)C)C(=O)OC. The van der Waals surface area contributed by atoms with Gasteiger partial charge in [0.15, 0.2) is 0 Å². The third-order valence-corrected chi connectivity index (χ3v) is 3.12. The van der Waals surface area contributed by atoms with Crippen LogP contribution in [-0.4, -0.2) is 51.1 Å². The molecule has 0 bridgehead atoms. The molecule has 120 valence electrons. The lowest BCUT2D eigenvalue weighted by atomic mass is 9.94. The molecule has 0 saturated heterocycles. The molecule has 0 aromatic carbocycles. The van der Waals surface area contributed by atoms with Crippen LogP contribution in [0.25, 0.3) is 0 Å². The van der Waals surface area contributed by atoms with E-state index in [1.54, 1.807) is 7.11 Å². The van der Waals surface area contributed by atoms with E-state index in [1.807, 2.05) is 27.7 Å². The van der Waals surface area contributed by atoms with E-state index in [-0.39, 0.29) is 18.1 Å². The number of unbranched alkanes of at least 4 members (excludes halogenated alkanes) is 1. The molecule has 0 radical (unpaired) electrons. The summed E-state index contributed by atoms with van der Waals surface area (Å²) in [5, 5.41) is 3.29. The molecule has 0 fully saturated rings. The van der Waals surface area contributed by atoms with E-state index < -0.39 is 5.54 Å². The zero-order valence-electron chi connectivity index (χ0n) is 13.8. The lowest BCUT2D eigenvalue weighted by molar-refractivity contribution is -0.148. The van der Waals surface area contributed by atoms with Crippen LogP contribution in [-0.2, 0) is 19.0 Å². The van der Waals surface area contributed by atoms with Gasteiger partial charge >= 0.3 is 5.97 Å². The smallest absolute Gasteiger partial charge is 0.325 e. The van der Waals surface area contributed by atoms with Gasteiger partial charge in [-0.3, -0.25) is 10.1 Å². The number of methoxy groups -OCH3 is 2. The average Bonchev–Trinajstić information content (AvgIpc) is 2.36. The van der Waals surface area contributed by atoms with Gasteiger partial charge in [0.05, 0.1) is 19.8 Å². The van der Waals surface area contributed by atoms with Crippen molar-refractivity contribution in [3.8, 4) is 0 Å². The number of esters is 1. The number of ether oxygens (including phenoxy) is 3. The van der Waals surface area contributed by atoms with Gasteiger partial charge in [-0.2, -0.15) is 0 Å². The molecule has 1 N–H and O–H groups in total. The minimum absolute atomic E-state index is 0.112. The monoisotopic (exact) mass is 289 g/mol. The highest BCUT2D eigenvalue weighted by atomic mass is 16.5. The molecule has 0 aliphatic heterocycles. The Bertz CT molecular complexity index is 271. The highest BCUT2D eigenvalue weighted by Gasteiger charge is 2.33. The lowest BCUT2D eigenvalue weighted by Gasteiger charge is -2.30. The molecule has 0 heterocycles. The van der Waals surface area contributed by atoms with E-state index >= 15 is 0 Å². The van der Waals surface area contributed by atoms with Crippen molar-refractivity contribution in [2.75, 3.05) is 27.4 Å². The summed E-state index contributed by atoms with van der Waals surface area (Å²) in [5.41, 5.74) is -0.624. The summed E-state index contributed by atoms with van der Waals surface area (Å²) in [7, 11) is 3.09. The summed E-state index contributed by atoms with van der Waals surface area (Å²) in [4.78, 5) is 11.9. The fourth-order valence-electron chi connectivity index (χ4n) is 2.24. The Morgan fingerprint density at radius 1 is 1.20 bits per heavy atom. The predicted octanol–water partition coefficient (Wildman–Crippen LogP) is 2.14. The third kappa shape index (κ3) is 7.82. The first-order chi connectivity index (χ1) is 9.35. The van der Waals surface area contributed by atoms with Crippen molar-refractivity contribution in [1.82, 2.24) is 5.32 Å². The van der Waals surface area contributed by atoms with Gasteiger partial charge in [0, 0.05) is 19.8 Å². The van der Waals surface area contributed by atoms with Gasteiger partial charge in [0.25, 0.3) is 0 Å². The van der Waals surface area contributed by atoms with Crippen molar-refractivity contribution in [1.29, 1.82) is 0 Å². The fraction of sp³-hybridized carbons (Fsp3) is 0.933. The summed E-state index contributed by atoms with van der Waals surface area (Å²) in [6.45, 7) is 9.22. The van der Waals surface area contributed by atoms with E-state index in [1.165, 1.54) is 7.11 Å². The first kappa shape index (κ1) is 19.4. The van der Waals surface area contributed by atoms with Crippen LogP contribution in [0.15, 0.2) is 0 Å². The number of carbonyl (C=O) groups is 1. The summed E-state index contributed by atoms with van der Waals surface area (Å²) >= 11 is 0. The van der Waals surface area contributed by atoms with E-state index in [9.17, 15) is 4.79 Å². The number of carbonyl (C=O) groups excluding carboxylic acids is 1. The van der Waals surface area contributed by atoms with Crippen LogP contribution in [0, 0.1) is 0 Å². The molecule has 2 unspecified atom stereocenters. The van der Waals surface area contributed by atoms with E-state index in [4.69, 9.17) is 14.2 Å². The Kier molecular flexibility index (Phi) is 9.80. The second kappa shape index (κ2) is 10.1. The predicted molar refractivity (Wildman–Crippen MR) is 79.8 cm³/mol. The van der Waals surface area contributed by atoms with Gasteiger partial charge in [0.2, 0.25) is 0 Å². The molecule has 5 nitrogen and oxygen atoms in total. The molecule has 0 rings (SSSR count). The van der Waals surface area contributed by atoms with Crippen LogP contribution < -0.4 is 5.32 Å². The molecule has 0 spiro atoms. The zero-order valence-corrected chi connectivity index (χ0v) is 13.8. The van der Waals surface area contributed by atoms with Gasteiger partial charge in [-0.1, -0.05) is 0 Å². The standard InChI is InChI=1S/C15H31NO4/c1-12(2)16-15(4,14(17)19-6)9-7-8-10-20-13(3)11-18-5/h12-13,16H,7-11H2,1-6H3. The Morgan fingerprint density at radius 2 is 1.85 bits per heavy atom. The maximum absolute atomic E-state index is 11.9. The van der Waals surface area contributed by atoms with Gasteiger partial charge in [-0.05, 0) is 47.0 Å². The molecule has 0 aromatic rings. The first-order valence-electron chi connectivity index (χ1n) is 7.32. The Morgan fingerprint density at radius 3 is 2.35 bits per heavy atom. The Hall–Kier alpha value is -0.650. The second-order valence-corrected chi connectivity index (χ2v) is 5.72. The van der Waals surface area contributed by atoms with E-state index in [2.05, 4.69) is 5.32 Å². The third-order valence-electron chi connectivity index (χ3n) is 3.12. The quantitative estimate of drug-likeness (QED) is 0.466. The molecule has 5 heteroatoms. The highest BCUT2D eigenvalue weighted by Crippen LogP contribution is 2.17. The number of rotatable bonds is 11. The maximum Gasteiger partial charge on any atom is 0.325 e. The van der Waals surface area contributed by atoms with Crippen LogP contribution in [0.2, 0.25) is 0 Å². The fourth-order valence-corrected chi connectivity index (χ4v) is 2.24. The first-order valence-corrected chi connectivity index (χ1v) is 7.32. The van der Waals surface area contributed by atoms with Gasteiger partial charge < -0.3 is 14.2 Å². The molecule has 20 heavy (non-hydrogen) atoms. The zero-order chi connectivity index (χ0) is 15.6. The van der Waals surface area contributed by atoms with Crippen molar-refractivity contribution < 1.29 is 19.0 Å². The van der Waals surface area contributed by atoms with Crippen molar-refractivity contribution >= 4 is 5.97 Å². The van der Waals surface area contributed by atoms with Crippen molar-refractivity contribution in [3.05, 3.63) is 0 Å². The van der Waals surface area contributed by atoms with Crippen molar-refractivity contribution in [2.24, 2.45) is 0 Å². The van der Waals surface area contributed by atoms with Gasteiger partial charge in [-0.15, -0.1) is 0 Å². The highest BCUT2D eigenvalue weighted by molar-refractivity contribution is 5.80.